The molecular formula is C15H14O3S. The van der Waals surface area contributed by atoms with Crippen LogP contribution in [0.4, 0.5) is 0 Å². The van der Waals surface area contributed by atoms with Crippen LogP contribution in [0, 0.1) is 0 Å². The van der Waals surface area contributed by atoms with Gasteiger partial charge in [0.2, 0.25) is 0 Å². The first kappa shape index (κ1) is 12.2. The number of hydrogen-bond donors (Lipinski definition) is 1. The number of benzene rings is 1. The van der Waals surface area contributed by atoms with Crippen molar-refractivity contribution in [3.63, 3.8) is 0 Å². The van der Waals surface area contributed by atoms with E-state index in [4.69, 9.17) is 4.74 Å². The summed E-state index contributed by atoms with van der Waals surface area (Å²) in [6.45, 7) is 0.453. The summed E-state index contributed by atoms with van der Waals surface area (Å²) in [4.78, 5) is 13.0. The van der Waals surface area contributed by atoms with Crippen LogP contribution in [-0.4, -0.2) is 17.7 Å². The predicted octanol–water partition coefficient (Wildman–Crippen LogP) is 3.10. The van der Waals surface area contributed by atoms with Crippen molar-refractivity contribution in [3.05, 3.63) is 52.2 Å². The molecule has 0 fully saturated rings. The number of carboxylic acids is 1. The molecule has 0 saturated carbocycles. The lowest BCUT2D eigenvalue weighted by Crippen LogP contribution is -2.42. The van der Waals surface area contributed by atoms with Crippen molar-refractivity contribution in [1.82, 2.24) is 0 Å². The number of carboxylic acid groups (broad SMARTS) is 1. The molecule has 3 nitrogen and oxygen atoms in total. The van der Waals surface area contributed by atoms with Gasteiger partial charge in [0.25, 0.3) is 0 Å². The Bertz CT molecular complexity index is 591. The molecule has 0 spiro atoms. The summed E-state index contributed by atoms with van der Waals surface area (Å²) in [6, 6.07) is 11.4. The molecule has 1 aromatic heterocycles. The quantitative estimate of drug-likeness (QED) is 0.935. The van der Waals surface area contributed by atoms with Gasteiger partial charge >= 0.3 is 5.97 Å². The second-order valence-corrected chi connectivity index (χ2v) is 5.77. The van der Waals surface area contributed by atoms with Gasteiger partial charge in [0, 0.05) is 23.3 Å². The largest absolute Gasteiger partial charge is 0.493 e. The molecule has 0 aliphatic carbocycles. The highest BCUT2D eigenvalue weighted by molar-refractivity contribution is 7.09. The number of aliphatic carboxylic acids is 1. The fraction of sp³-hybridized carbons (Fsp3) is 0.267. The minimum absolute atomic E-state index is 0.453. The molecule has 0 radical (unpaired) electrons. The van der Waals surface area contributed by atoms with E-state index in [2.05, 4.69) is 0 Å². The van der Waals surface area contributed by atoms with Crippen LogP contribution >= 0.6 is 11.3 Å². The van der Waals surface area contributed by atoms with Gasteiger partial charge in [0.1, 0.15) is 11.2 Å². The molecule has 0 amide bonds. The van der Waals surface area contributed by atoms with Gasteiger partial charge < -0.3 is 9.84 Å². The summed E-state index contributed by atoms with van der Waals surface area (Å²) in [5, 5.41) is 11.8. The van der Waals surface area contributed by atoms with Crippen LogP contribution in [0.3, 0.4) is 0 Å². The molecule has 98 valence electrons. The molecule has 1 aromatic carbocycles. The number of rotatable bonds is 3. The Morgan fingerprint density at radius 3 is 2.89 bits per heavy atom. The lowest BCUT2D eigenvalue weighted by Gasteiger charge is -2.35. The summed E-state index contributed by atoms with van der Waals surface area (Å²) in [5.41, 5.74) is -0.0678. The molecule has 1 atom stereocenters. The Morgan fingerprint density at radius 2 is 2.16 bits per heavy atom. The number of carbonyl (C=O) groups is 1. The lowest BCUT2D eigenvalue weighted by atomic mass is 9.73. The number of thiophene rings is 1. The number of hydrogen-bond acceptors (Lipinski definition) is 3. The van der Waals surface area contributed by atoms with Gasteiger partial charge in [-0.05, 0) is 17.5 Å². The Hall–Kier alpha value is -1.81. The Kier molecular flexibility index (Phi) is 3.03. The fourth-order valence-electron chi connectivity index (χ4n) is 2.65. The maximum Gasteiger partial charge on any atom is 0.314 e. The lowest BCUT2D eigenvalue weighted by molar-refractivity contribution is -0.145. The van der Waals surface area contributed by atoms with E-state index in [-0.39, 0.29) is 0 Å². The monoisotopic (exact) mass is 274 g/mol. The Balaban J connectivity index is 2.09. The van der Waals surface area contributed by atoms with Crippen LogP contribution in [0.5, 0.6) is 5.75 Å². The van der Waals surface area contributed by atoms with Crippen molar-refractivity contribution in [2.75, 3.05) is 6.61 Å². The smallest absolute Gasteiger partial charge is 0.314 e. The summed E-state index contributed by atoms with van der Waals surface area (Å²) < 4.78 is 5.59. The van der Waals surface area contributed by atoms with Crippen LogP contribution < -0.4 is 4.74 Å². The molecule has 0 saturated heterocycles. The second kappa shape index (κ2) is 4.70. The van der Waals surface area contributed by atoms with Gasteiger partial charge in [-0.3, -0.25) is 4.79 Å². The fourth-order valence-corrected chi connectivity index (χ4v) is 3.47. The van der Waals surface area contributed by atoms with Crippen molar-refractivity contribution in [2.24, 2.45) is 0 Å². The highest BCUT2D eigenvalue weighted by Gasteiger charge is 2.44. The summed E-state index contributed by atoms with van der Waals surface area (Å²) in [6.07, 6.45) is 1.04. The topological polar surface area (TPSA) is 46.5 Å². The van der Waals surface area contributed by atoms with E-state index in [0.29, 0.717) is 25.2 Å². The number of ether oxygens (including phenoxy) is 1. The van der Waals surface area contributed by atoms with Crippen molar-refractivity contribution in [1.29, 1.82) is 0 Å². The summed E-state index contributed by atoms with van der Waals surface area (Å²) in [7, 11) is 0. The molecule has 4 heteroatoms. The maximum absolute atomic E-state index is 11.9. The van der Waals surface area contributed by atoms with Crippen molar-refractivity contribution in [3.8, 4) is 5.75 Å². The van der Waals surface area contributed by atoms with Crippen LogP contribution in [0.2, 0.25) is 0 Å². The van der Waals surface area contributed by atoms with Crippen molar-refractivity contribution >= 4 is 17.3 Å². The van der Waals surface area contributed by atoms with Gasteiger partial charge in [-0.2, -0.15) is 0 Å². The van der Waals surface area contributed by atoms with E-state index in [1.165, 1.54) is 0 Å². The molecule has 2 heterocycles. The number of fused-ring (bicyclic) bond motifs is 1. The molecule has 1 aliphatic rings. The first-order valence-corrected chi connectivity index (χ1v) is 7.08. The first-order valence-electron chi connectivity index (χ1n) is 6.20. The third kappa shape index (κ3) is 2.02. The van der Waals surface area contributed by atoms with E-state index in [1.54, 1.807) is 11.3 Å². The van der Waals surface area contributed by atoms with Crippen LogP contribution in [0.1, 0.15) is 16.9 Å². The van der Waals surface area contributed by atoms with Crippen LogP contribution in [0.15, 0.2) is 41.8 Å². The molecule has 1 aliphatic heterocycles. The molecule has 0 bridgehead atoms. The van der Waals surface area contributed by atoms with Gasteiger partial charge in [-0.1, -0.05) is 24.3 Å². The highest BCUT2D eigenvalue weighted by atomic mass is 32.1. The zero-order valence-corrected chi connectivity index (χ0v) is 11.2. The number of para-hydroxylation sites is 1. The van der Waals surface area contributed by atoms with E-state index in [1.807, 2.05) is 41.8 Å². The average Bonchev–Trinajstić information content (AvgIpc) is 2.91. The molecule has 1 unspecified atom stereocenters. The molecular weight excluding hydrogens is 260 g/mol. The Labute approximate surface area is 115 Å². The predicted molar refractivity (Wildman–Crippen MR) is 73.9 cm³/mol. The normalized spacial score (nSPS) is 21.5. The second-order valence-electron chi connectivity index (χ2n) is 4.74. The SMILES string of the molecule is O=C(O)C1(Cc2cccs2)CCOc2ccccc21. The summed E-state index contributed by atoms with van der Waals surface area (Å²) >= 11 is 1.60. The molecule has 3 rings (SSSR count). The first-order chi connectivity index (χ1) is 9.22. The van der Waals surface area contributed by atoms with Crippen LogP contribution in [-0.2, 0) is 16.6 Å². The van der Waals surface area contributed by atoms with Gasteiger partial charge in [0.05, 0.1) is 6.61 Å². The standard InChI is InChI=1S/C15H14O3S/c16-14(17)15(10-11-4-3-9-19-11)7-8-18-13-6-2-1-5-12(13)15/h1-6,9H,7-8,10H2,(H,16,17). The van der Waals surface area contributed by atoms with E-state index < -0.39 is 11.4 Å². The Morgan fingerprint density at radius 1 is 1.32 bits per heavy atom. The summed E-state index contributed by atoms with van der Waals surface area (Å²) in [5.74, 6) is -0.0654. The van der Waals surface area contributed by atoms with E-state index in [0.717, 1.165) is 10.4 Å². The van der Waals surface area contributed by atoms with Gasteiger partial charge in [-0.15, -0.1) is 11.3 Å². The zero-order valence-electron chi connectivity index (χ0n) is 10.3. The minimum atomic E-state index is -0.861. The van der Waals surface area contributed by atoms with E-state index in [9.17, 15) is 9.90 Å². The van der Waals surface area contributed by atoms with Gasteiger partial charge in [-0.25, -0.2) is 0 Å². The van der Waals surface area contributed by atoms with Crippen molar-refractivity contribution in [2.45, 2.75) is 18.3 Å². The molecule has 1 N–H and O–H groups in total. The van der Waals surface area contributed by atoms with Crippen LogP contribution in [0.25, 0.3) is 0 Å². The van der Waals surface area contributed by atoms with Crippen molar-refractivity contribution < 1.29 is 14.6 Å². The third-order valence-corrected chi connectivity index (χ3v) is 4.53. The highest BCUT2D eigenvalue weighted by Crippen LogP contribution is 2.42. The average molecular weight is 274 g/mol. The van der Waals surface area contributed by atoms with E-state index >= 15 is 0 Å². The zero-order chi connectivity index (χ0) is 13.3. The minimum Gasteiger partial charge on any atom is -0.493 e. The van der Waals surface area contributed by atoms with Gasteiger partial charge in [0.15, 0.2) is 0 Å². The molecule has 19 heavy (non-hydrogen) atoms. The molecule has 2 aromatic rings. The maximum atomic E-state index is 11.9. The third-order valence-electron chi connectivity index (χ3n) is 3.65.